The summed E-state index contributed by atoms with van der Waals surface area (Å²) in [6.07, 6.45) is 2.98. The summed E-state index contributed by atoms with van der Waals surface area (Å²) in [7, 11) is 0. The van der Waals surface area contributed by atoms with Gasteiger partial charge in [-0.3, -0.25) is 4.79 Å². The minimum atomic E-state index is -0.244. The van der Waals surface area contributed by atoms with E-state index in [0.29, 0.717) is 13.1 Å². The van der Waals surface area contributed by atoms with Crippen LogP contribution in [0.4, 0.5) is 0 Å². The highest BCUT2D eigenvalue weighted by atomic mass is 32.1. The number of thiophene rings is 2. The number of aromatic amines is 1. The second kappa shape index (κ2) is 9.39. The molecule has 3 N–H and O–H groups in total. The van der Waals surface area contributed by atoms with Gasteiger partial charge in [-0.2, -0.15) is 0 Å². The first-order valence-electron chi connectivity index (χ1n) is 9.85. The Kier molecular flexibility index (Phi) is 6.44. The molecule has 3 aromatic heterocycles. The Balaban J connectivity index is 1.40. The van der Waals surface area contributed by atoms with Crippen LogP contribution in [0, 0.1) is 0 Å². The Morgan fingerprint density at radius 3 is 2.69 bits per heavy atom. The largest absolute Gasteiger partial charge is 0.361 e. The second-order valence-corrected chi connectivity index (χ2v) is 9.12. The highest BCUT2D eigenvalue weighted by molar-refractivity contribution is 7.10. The minimum absolute atomic E-state index is 0.0467. The fourth-order valence-electron chi connectivity index (χ4n) is 3.54. The van der Waals surface area contributed by atoms with Gasteiger partial charge in [-0.05, 0) is 47.9 Å². The molecular formula is C23H25N3OS2. The van der Waals surface area contributed by atoms with Gasteiger partial charge in [-0.1, -0.05) is 30.3 Å². The summed E-state index contributed by atoms with van der Waals surface area (Å²) in [5.74, 6) is 0.248. The van der Waals surface area contributed by atoms with E-state index in [1.54, 1.807) is 22.7 Å². The molecular weight excluding hydrogens is 398 g/mol. The Morgan fingerprint density at radius 2 is 1.90 bits per heavy atom. The second-order valence-electron chi connectivity index (χ2n) is 7.11. The molecule has 29 heavy (non-hydrogen) atoms. The number of carbonyl (C=O) groups excluding carboxylic acids is 1. The van der Waals surface area contributed by atoms with Crippen LogP contribution >= 0.6 is 22.7 Å². The average Bonchev–Trinajstić information content (AvgIpc) is 3.50. The van der Waals surface area contributed by atoms with Gasteiger partial charge in [0, 0.05) is 45.9 Å². The fraction of sp³-hybridized carbons (Fsp3) is 0.261. The number of nitrogens with one attached hydrogen (secondary N) is 3. The van der Waals surface area contributed by atoms with E-state index in [4.69, 9.17) is 0 Å². The van der Waals surface area contributed by atoms with Gasteiger partial charge in [0.1, 0.15) is 0 Å². The van der Waals surface area contributed by atoms with Gasteiger partial charge in [0.25, 0.3) is 0 Å². The molecule has 0 aliphatic heterocycles. The lowest BCUT2D eigenvalue weighted by Crippen LogP contribution is -2.44. The van der Waals surface area contributed by atoms with Gasteiger partial charge in [0.2, 0.25) is 5.91 Å². The molecule has 0 aliphatic carbocycles. The number of fused-ring (bicyclic) bond motifs is 1. The highest BCUT2D eigenvalue weighted by Gasteiger charge is 2.21. The van der Waals surface area contributed by atoms with Crippen LogP contribution in [-0.2, 0) is 11.2 Å². The summed E-state index contributed by atoms with van der Waals surface area (Å²) in [6.45, 7) is 3.31. The quantitative estimate of drug-likeness (QED) is 0.364. The molecule has 4 rings (SSSR count). The van der Waals surface area contributed by atoms with Crippen molar-refractivity contribution < 1.29 is 4.79 Å². The number of carbonyl (C=O) groups is 1. The zero-order valence-corrected chi connectivity index (χ0v) is 18.0. The first-order chi connectivity index (χ1) is 14.2. The first kappa shape index (κ1) is 19.9. The van der Waals surface area contributed by atoms with Gasteiger partial charge in [0.15, 0.2) is 0 Å². The molecule has 0 unspecified atom stereocenters. The van der Waals surface area contributed by atoms with E-state index in [1.165, 1.54) is 20.7 Å². The van der Waals surface area contributed by atoms with E-state index >= 15 is 0 Å². The third-order valence-electron chi connectivity index (χ3n) is 5.16. The predicted molar refractivity (Wildman–Crippen MR) is 123 cm³/mol. The van der Waals surface area contributed by atoms with Gasteiger partial charge in [-0.25, -0.2) is 0 Å². The number of para-hydroxylation sites is 1. The van der Waals surface area contributed by atoms with Gasteiger partial charge >= 0.3 is 0 Å². The molecule has 3 heterocycles. The Labute approximate surface area is 179 Å². The van der Waals surface area contributed by atoms with Crippen molar-refractivity contribution in [3.8, 4) is 0 Å². The summed E-state index contributed by atoms with van der Waals surface area (Å²) in [5, 5.41) is 11.9. The lowest BCUT2D eigenvalue weighted by atomic mass is 9.96. The normalized spacial score (nSPS) is 13.4. The van der Waals surface area contributed by atoms with E-state index < -0.39 is 0 Å². The predicted octanol–water partition coefficient (Wildman–Crippen LogP) is 4.76. The SMILES string of the molecule is C[C@H](NC[C@H](c1cccs1)c1c[nH]c2ccccc12)C(=O)NCCc1cccs1. The molecule has 0 aliphatic rings. The van der Waals surface area contributed by atoms with Crippen molar-refractivity contribution >= 4 is 39.5 Å². The summed E-state index contributed by atoms with van der Waals surface area (Å²) in [5.41, 5.74) is 2.41. The fourth-order valence-corrected chi connectivity index (χ4v) is 5.09. The molecule has 4 aromatic rings. The van der Waals surface area contributed by atoms with Gasteiger partial charge in [0.05, 0.1) is 6.04 Å². The molecule has 1 amide bonds. The highest BCUT2D eigenvalue weighted by Crippen LogP contribution is 2.32. The molecule has 6 heteroatoms. The van der Waals surface area contributed by atoms with E-state index in [9.17, 15) is 4.79 Å². The summed E-state index contributed by atoms with van der Waals surface area (Å²) >= 11 is 3.48. The van der Waals surface area contributed by atoms with E-state index in [1.807, 2.05) is 19.1 Å². The smallest absolute Gasteiger partial charge is 0.236 e. The van der Waals surface area contributed by atoms with Crippen molar-refractivity contribution in [3.05, 3.63) is 80.8 Å². The molecule has 0 spiro atoms. The Hall–Kier alpha value is -2.41. The molecule has 0 fully saturated rings. The number of rotatable bonds is 9. The molecule has 150 valence electrons. The van der Waals surface area contributed by atoms with Crippen LogP contribution in [-0.4, -0.2) is 30.0 Å². The number of H-pyrrole nitrogens is 1. The number of hydrogen-bond acceptors (Lipinski definition) is 4. The summed E-state index contributed by atoms with van der Waals surface area (Å²) in [4.78, 5) is 18.5. The maximum Gasteiger partial charge on any atom is 0.236 e. The molecule has 0 saturated heterocycles. The van der Waals surface area contributed by atoms with Crippen LogP contribution in [0.3, 0.4) is 0 Å². The molecule has 1 aromatic carbocycles. The number of aromatic nitrogens is 1. The van der Waals surface area contributed by atoms with Crippen LogP contribution in [0.2, 0.25) is 0 Å². The van der Waals surface area contributed by atoms with Crippen molar-refractivity contribution in [1.29, 1.82) is 0 Å². The number of hydrogen-bond donors (Lipinski definition) is 3. The summed E-state index contributed by atoms with van der Waals surface area (Å²) in [6, 6.07) is 16.5. The maximum atomic E-state index is 12.5. The van der Waals surface area contributed by atoms with Crippen LogP contribution in [0.1, 0.15) is 28.2 Å². The van der Waals surface area contributed by atoms with Crippen molar-refractivity contribution in [1.82, 2.24) is 15.6 Å². The topological polar surface area (TPSA) is 56.9 Å². The van der Waals surface area contributed by atoms with E-state index in [-0.39, 0.29) is 17.9 Å². The molecule has 4 nitrogen and oxygen atoms in total. The Bertz CT molecular complexity index is 1040. The monoisotopic (exact) mass is 423 g/mol. The van der Waals surface area contributed by atoms with Crippen LogP contribution < -0.4 is 10.6 Å². The third-order valence-corrected chi connectivity index (χ3v) is 7.08. The van der Waals surface area contributed by atoms with Crippen molar-refractivity contribution in [2.75, 3.05) is 13.1 Å². The van der Waals surface area contributed by atoms with Crippen LogP contribution in [0.5, 0.6) is 0 Å². The Morgan fingerprint density at radius 1 is 1.07 bits per heavy atom. The molecule has 2 atom stereocenters. The first-order valence-corrected chi connectivity index (χ1v) is 11.6. The van der Waals surface area contributed by atoms with Crippen molar-refractivity contribution in [3.63, 3.8) is 0 Å². The van der Waals surface area contributed by atoms with Gasteiger partial charge in [-0.15, -0.1) is 22.7 Å². The third kappa shape index (κ3) is 4.78. The summed E-state index contributed by atoms with van der Waals surface area (Å²) < 4.78 is 0. The van der Waals surface area contributed by atoms with Gasteiger partial charge < -0.3 is 15.6 Å². The van der Waals surface area contributed by atoms with Crippen molar-refractivity contribution in [2.24, 2.45) is 0 Å². The maximum absolute atomic E-state index is 12.5. The molecule has 0 radical (unpaired) electrons. The number of benzene rings is 1. The minimum Gasteiger partial charge on any atom is -0.361 e. The lowest BCUT2D eigenvalue weighted by molar-refractivity contribution is -0.122. The average molecular weight is 424 g/mol. The van der Waals surface area contributed by atoms with E-state index in [2.05, 4.69) is 69.0 Å². The standard InChI is InChI=1S/C23H25N3OS2/c1-16(23(27)24-11-10-17-6-4-12-28-17)25-15-20(22-9-5-13-29-22)19-14-26-21-8-3-2-7-18(19)21/h2-9,12-14,16,20,25-26H,10-11,15H2,1H3,(H,24,27)/t16-,20-/m0/s1. The molecule has 0 saturated carbocycles. The van der Waals surface area contributed by atoms with Crippen molar-refractivity contribution in [2.45, 2.75) is 25.3 Å². The lowest BCUT2D eigenvalue weighted by Gasteiger charge is -2.20. The van der Waals surface area contributed by atoms with E-state index in [0.717, 1.165) is 11.9 Å². The zero-order valence-electron chi connectivity index (χ0n) is 16.4. The zero-order chi connectivity index (χ0) is 20.1. The van der Waals surface area contributed by atoms with Crippen LogP contribution in [0.25, 0.3) is 10.9 Å². The molecule has 0 bridgehead atoms. The number of amides is 1. The van der Waals surface area contributed by atoms with Crippen LogP contribution in [0.15, 0.2) is 65.5 Å².